The zero-order chi connectivity index (χ0) is 11.2. The zero-order valence-electron chi connectivity index (χ0n) is 9.17. The quantitative estimate of drug-likeness (QED) is 0.783. The molecule has 2 aromatic heterocycles. The molecule has 80 valence electrons. The maximum atomic E-state index is 4.33. The summed E-state index contributed by atoms with van der Waals surface area (Å²) in [5.41, 5.74) is 3.02. The molecule has 0 unspecified atom stereocenters. The van der Waals surface area contributed by atoms with Gasteiger partial charge in [0.25, 0.3) is 0 Å². The summed E-state index contributed by atoms with van der Waals surface area (Å²) in [6, 6.07) is 4.09. The van der Waals surface area contributed by atoms with Gasteiger partial charge in [0.2, 0.25) is 0 Å². The number of rotatable bonds is 3. The molecule has 0 aromatic carbocycles. The van der Waals surface area contributed by atoms with Crippen LogP contribution in [0, 0.1) is 0 Å². The predicted molar refractivity (Wildman–Crippen MR) is 64.6 cm³/mol. The second-order valence-corrected chi connectivity index (χ2v) is 3.41. The highest BCUT2D eigenvalue weighted by Crippen LogP contribution is 2.05. The lowest BCUT2D eigenvalue weighted by Crippen LogP contribution is -1.85. The number of aromatic nitrogens is 3. The SMILES string of the molecule is CCc1ccc(C=Cc2cnccn2)nc1. The van der Waals surface area contributed by atoms with Gasteiger partial charge in [-0.3, -0.25) is 15.0 Å². The molecule has 0 saturated heterocycles. The van der Waals surface area contributed by atoms with Crippen molar-refractivity contribution >= 4 is 12.2 Å². The van der Waals surface area contributed by atoms with E-state index in [4.69, 9.17) is 0 Å². The van der Waals surface area contributed by atoms with Crippen molar-refractivity contribution in [3.05, 3.63) is 53.9 Å². The molecule has 3 nitrogen and oxygen atoms in total. The Bertz CT molecular complexity index is 460. The van der Waals surface area contributed by atoms with E-state index in [0.717, 1.165) is 17.8 Å². The van der Waals surface area contributed by atoms with Gasteiger partial charge in [0.1, 0.15) is 0 Å². The van der Waals surface area contributed by atoms with Crippen LogP contribution in [0.2, 0.25) is 0 Å². The number of hydrogen-bond donors (Lipinski definition) is 0. The third-order valence-corrected chi connectivity index (χ3v) is 2.26. The molecule has 0 aliphatic carbocycles. The van der Waals surface area contributed by atoms with Crippen molar-refractivity contribution in [1.29, 1.82) is 0 Å². The fraction of sp³-hybridized carbons (Fsp3) is 0.154. The topological polar surface area (TPSA) is 38.7 Å². The number of hydrogen-bond acceptors (Lipinski definition) is 3. The van der Waals surface area contributed by atoms with Crippen LogP contribution < -0.4 is 0 Å². The van der Waals surface area contributed by atoms with Gasteiger partial charge in [-0.1, -0.05) is 13.0 Å². The van der Waals surface area contributed by atoms with Crippen molar-refractivity contribution in [1.82, 2.24) is 15.0 Å². The van der Waals surface area contributed by atoms with E-state index in [1.165, 1.54) is 5.56 Å². The molecule has 0 bridgehead atoms. The molecule has 2 rings (SSSR count). The van der Waals surface area contributed by atoms with Crippen molar-refractivity contribution < 1.29 is 0 Å². The molecule has 0 aliphatic rings. The van der Waals surface area contributed by atoms with E-state index in [2.05, 4.69) is 27.9 Å². The second-order valence-electron chi connectivity index (χ2n) is 3.41. The molecule has 0 atom stereocenters. The van der Waals surface area contributed by atoms with Crippen LogP contribution in [0.4, 0.5) is 0 Å². The minimum Gasteiger partial charge on any atom is -0.261 e. The van der Waals surface area contributed by atoms with Crippen LogP contribution in [-0.4, -0.2) is 15.0 Å². The van der Waals surface area contributed by atoms with Gasteiger partial charge in [-0.2, -0.15) is 0 Å². The van der Waals surface area contributed by atoms with Gasteiger partial charge in [-0.05, 0) is 30.2 Å². The Morgan fingerprint density at radius 1 is 1.00 bits per heavy atom. The first-order valence-corrected chi connectivity index (χ1v) is 5.27. The van der Waals surface area contributed by atoms with E-state index >= 15 is 0 Å². The first kappa shape index (κ1) is 10.5. The predicted octanol–water partition coefficient (Wildman–Crippen LogP) is 2.60. The van der Waals surface area contributed by atoms with Crippen molar-refractivity contribution in [2.75, 3.05) is 0 Å². The molecule has 0 radical (unpaired) electrons. The molecular weight excluding hydrogens is 198 g/mol. The summed E-state index contributed by atoms with van der Waals surface area (Å²) in [5.74, 6) is 0. The Hall–Kier alpha value is -2.03. The lowest BCUT2D eigenvalue weighted by molar-refractivity contribution is 1.10. The Morgan fingerprint density at radius 2 is 1.88 bits per heavy atom. The minimum atomic E-state index is 0.837. The van der Waals surface area contributed by atoms with E-state index in [0.29, 0.717) is 0 Å². The molecule has 0 spiro atoms. The van der Waals surface area contributed by atoms with E-state index < -0.39 is 0 Å². The largest absolute Gasteiger partial charge is 0.261 e. The summed E-state index contributed by atoms with van der Waals surface area (Å²) in [6.45, 7) is 2.12. The number of pyridine rings is 1. The minimum absolute atomic E-state index is 0.837. The Labute approximate surface area is 94.9 Å². The Morgan fingerprint density at radius 3 is 2.50 bits per heavy atom. The first-order chi connectivity index (χ1) is 7.88. The van der Waals surface area contributed by atoms with Crippen LogP contribution in [0.5, 0.6) is 0 Å². The van der Waals surface area contributed by atoms with Gasteiger partial charge >= 0.3 is 0 Å². The lowest BCUT2D eigenvalue weighted by atomic mass is 10.2. The van der Waals surface area contributed by atoms with E-state index in [9.17, 15) is 0 Å². The van der Waals surface area contributed by atoms with Gasteiger partial charge in [0.15, 0.2) is 0 Å². The zero-order valence-corrected chi connectivity index (χ0v) is 9.17. The normalized spacial score (nSPS) is 10.8. The van der Waals surface area contributed by atoms with Gasteiger partial charge < -0.3 is 0 Å². The Kier molecular flexibility index (Phi) is 3.38. The number of nitrogens with zero attached hydrogens (tertiary/aromatic N) is 3. The summed E-state index contributed by atoms with van der Waals surface area (Å²) in [5, 5.41) is 0. The molecule has 0 amide bonds. The van der Waals surface area contributed by atoms with Crippen LogP contribution in [0.3, 0.4) is 0 Å². The highest BCUT2D eigenvalue weighted by molar-refractivity contribution is 5.65. The van der Waals surface area contributed by atoms with Gasteiger partial charge in [-0.15, -0.1) is 0 Å². The summed E-state index contributed by atoms with van der Waals surface area (Å²) >= 11 is 0. The first-order valence-electron chi connectivity index (χ1n) is 5.27. The summed E-state index contributed by atoms with van der Waals surface area (Å²) in [7, 11) is 0. The van der Waals surface area contributed by atoms with Gasteiger partial charge in [-0.25, -0.2) is 0 Å². The van der Waals surface area contributed by atoms with Crippen molar-refractivity contribution in [2.45, 2.75) is 13.3 Å². The number of aryl methyl sites for hydroxylation is 1. The average molecular weight is 211 g/mol. The van der Waals surface area contributed by atoms with E-state index in [1.807, 2.05) is 24.4 Å². The summed E-state index contributed by atoms with van der Waals surface area (Å²) in [6.07, 6.45) is 11.8. The third-order valence-electron chi connectivity index (χ3n) is 2.26. The molecular formula is C13H13N3. The van der Waals surface area contributed by atoms with Crippen LogP contribution in [0.1, 0.15) is 23.9 Å². The molecule has 3 heteroatoms. The van der Waals surface area contributed by atoms with E-state index in [1.54, 1.807) is 18.6 Å². The highest BCUT2D eigenvalue weighted by atomic mass is 14.8. The van der Waals surface area contributed by atoms with Gasteiger partial charge in [0, 0.05) is 18.6 Å². The molecule has 0 N–H and O–H groups in total. The summed E-state index contributed by atoms with van der Waals surface area (Å²) in [4.78, 5) is 12.5. The maximum absolute atomic E-state index is 4.33. The molecule has 0 saturated carbocycles. The Balaban J connectivity index is 2.12. The van der Waals surface area contributed by atoms with Crippen molar-refractivity contribution in [3.63, 3.8) is 0 Å². The molecule has 0 aliphatic heterocycles. The van der Waals surface area contributed by atoms with Crippen molar-refractivity contribution in [2.24, 2.45) is 0 Å². The van der Waals surface area contributed by atoms with Crippen LogP contribution >= 0.6 is 0 Å². The molecule has 0 fully saturated rings. The monoisotopic (exact) mass is 211 g/mol. The second kappa shape index (κ2) is 5.16. The third kappa shape index (κ3) is 2.73. The van der Waals surface area contributed by atoms with Crippen LogP contribution in [-0.2, 0) is 6.42 Å². The molecule has 2 heterocycles. The van der Waals surface area contributed by atoms with Crippen molar-refractivity contribution in [3.8, 4) is 0 Å². The van der Waals surface area contributed by atoms with E-state index in [-0.39, 0.29) is 0 Å². The highest BCUT2D eigenvalue weighted by Gasteiger charge is 1.91. The van der Waals surface area contributed by atoms with Crippen LogP contribution in [0.25, 0.3) is 12.2 Å². The summed E-state index contributed by atoms with van der Waals surface area (Å²) < 4.78 is 0. The van der Waals surface area contributed by atoms with Gasteiger partial charge in [0.05, 0.1) is 17.6 Å². The molecule has 16 heavy (non-hydrogen) atoms. The average Bonchev–Trinajstić information content (AvgIpc) is 2.38. The maximum Gasteiger partial charge on any atom is 0.0813 e. The fourth-order valence-corrected chi connectivity index (χ4v) is 1.31. The fourth-order valence-electron chi connectivity index (χ4n) is 1.31. The van der Waals surface area contributed by atoms with Crippen LogP contribution in [0.15, 0.2) is 36.9 Å². The smallest absolute Gasteiger partial charge is 0.0813 e. The lowest BCUT2D eigenvalue weighted by Gasteiger charge is -1.96. The molecule has 2 aromatic rings. The standard InChI is InChI=1S/C13H13N3/c1-2-11-3-4-12(16-9-11)5-6-13-10-14-7-8-15-13/h3-10H,2H2,1H3.